The number of rotatable bonds is 2. The molecule has 0 saturated carbocycles. The Labute approximate surface area is 126 Å². The zero-order chi connectivity index (χ0) is 15.9. The maximum Gasteiger partial charge on any atom is 0.187 e. The summed E-state index contributed by atoms with van der Waals surface area (Å²) < 4.78 is 26.9. The number of phenolic OH excluding ortho intramolecular Hbond substituents is 1. The number of pyridine rings is 1. The summed E-state index contributed by atoms with van der Waals surface area (Å²) in [6, 6.07) is 5.32. The minimum absolute atomic E-state index is 0.0312. The Morgan fingerprint density at radius 3 is 2.59 bits per heavy atom. The molecule has 114 valence electrons. The average molecular weight is 303 g/mol. The van der Waals surface area contributed by atoms with Gasteiger partial charge in [-0.1, -0.05) is 6.92 Å². The zero-order valence-electron chi connectivity index (χ0n) is 12.1. The third-order valence-electron chi connectivity index (χ3n) is 4.15. The molecule has 0 spiro atoms. The van der Waals surface area contributed by atoms with Gasteiger partial charge in [0.25, 0.3) is 0 Å². The van der Waals surface area contributed by atoms with Crippen molar-refractivity contribution < 1.29 is 18.7 Å². The van der Waals surface area contributed by atoms with Crippen molar-refractivity contribution in [2.75, 3.05) is 0 Å². The van der Waals surface area contributed by atoms with Gasteiger partial charge in [0.2, 0.25) is 0 Å². The van der Waals surface area contributed by atoms with Gasteiger partial charge >= 0.3 is 0 Å². The fraction of sp³-hybridized carbons (Fsp3) is 0.294. The van der Waals surface area contributed by atoms with Crippen LogP contribution in [-0.4, -0.2) is 15.9 Å². The number of halogens is 2. The van der Waals surface area contributed by atoms with E-state index in [-0.39, 0.29) is 17.3 Å². The quantitative estimate of drug-likeness (QED) is 0.915. The van der Waals surface area contributed by atoms with Crippen LogP contribution in [0, 0.1) is 17.6 Å². The van der Waals surface area contributed by atoms with E-state index in [0.29, 0.717) is 23.4 Å². The van der Waals surface area contributed by atoms with Gasteiger partial charge in [0.15, 0.2) is 23.2 Å². The summed E-state index contributed by atoms with van der Waals surface area (Å²) in [6.07, 6.45) is 2.22. The van der Waals surface area contributed by atoms with Crippen molar-refractivity contribution in [3.63, 3.8) is 0 Å². The predicted octanol–water partition coefficient (Wildman–Crippen LogP) is 3.89. The number of carbonyl (C=O) groups excluding carboxylic acids is 1. The van der Waals surface area contributed by atoms with E-state index in [1.807, 2.05) is 6.92 Å². The second kappa shape index (κ2) is 5.48. The number of benzene rings is 1. The molecule has 1 aliphatic carbocycles. The van der Waals surface area contributed by atoms with Gasteiger partial charge in [0.05, 0.1) is 11.4 Å². The summed E-state index contributed by atoms with van der Waals surface area (Å²) in [5.41, 5.74) is 1.89. The highest BCUT2D eigenvalue weighted by atomic mass is 19.1. The van der Waals surface area contributed by atoms with E-state index < -0.39 is 17.4 Å². The van der Waals surface area contributed by atoms with Gasteiger partial charge < -0.3 is 5.11 Å². The van der Waals surface area contributed by atoms with Crippen LogP contribution in [0.4, 0.5) is 8.78 Å². The molecule has 1 aliphatic rings. The van der Waals surface area contributed by atoms with Crippen molar-refractivity contribution in [2.45, 2.75) is 26.2 Å². The summed E-state index contributed by atoms with van der Waals surface area (Å²) in [4.78, 5) is 16.6. The molecule has 2 aromatic rings. The van der Waals surface area contributed by atoms with E-state index in [4.69, 9.17) is 5.11 Å². The lowest BCUT2D eigenvalue weighted by Crippen LogP contribution is -2.23. The lowest BCUT2D eigenvalue weighted by Gasteiger charge is -2.21. The Morgan fingerprint density at radius 1 is 1.27 bits per heavy atom. The molecule has 0 bridgehead atoms. The number of Topliss-reactive ketones (excluding diaryl/α,β-unsaturated/α-hetero) is 1. The molecule has 1 unspecified atom stereocenters. The van der Waals surface area contributed by atoms with Gasteiger partial charge in [0, 0.05) is 17.0 Å². The maximum atomic E-state index is 13.5. The van der Waals surface area contributed by atoms with E-state index in [1.165, 1.54) is 0 Å². The summed E-state index contributed by atoms with van der Waals surface area (Å²) in [5.74, 6) is -2.94. The first kappa shape index (κ1) is 14.6. The first-order valence-electron chi connectivity index (χ1n) is 7.23. The van der Waals surface area contributed by atoms with Gasteiger partial charge in [-0.15, -0.1) is 0 Å². The summed E-state index contributed by atoms with van der Waals surface area (Å²) in [5, 5.41) is 9.15. The fourth-order valence-corrected chi connectivity index (χ4v) is 2.84. The van der Waals surface area contributed by atoms with Crippen molar-refractivity contribution in [2.24, 2.45) is 5.92 Å². The van der Waals surface area contributed by atoms with Gasteiger partial charge in [-0.25, -0.2) is 8.78 Å². The van der Waals surface area contributed by atoms with Crippen molar-refractivity contribution in [1.82, 2.24) is 4.98 Å². The van der Waals surface area contributed by atoms with Crippen LogP contribution in [0.15, 0.2) is 24.3 Å². The minimum Gasteiger partial charge on any atom is -0.503 e. The molecule has 3 rings (SSSR count). The number of hydrogen-bond donors (Lipinski definition) is 1. The molecule has 22 heavy (non-hydrogen) atoms. The third kappa shape index (κ3) is 2.36. The molecular formula is C17H15F2NO2. The number of ketones is 1. The van der Waals surface area contributed by atoms with Crippen LogP contribution in [-0.2, 0) is 6.42 Å². The number of hydrogen-bond acceptors (Lipinski definition) is 3. The molecule has 1 heterocycles. The number of carbonyl (C=O) groups is 1. The monoisotopic (exact) mass is 303 g/mol. The topological polar surface area (TPSA) is 50.2 Å². The molecule has 5 heteroatoms. The Morgan fingerprint density at radius 2 is 1.95 bits per heavy atom. The fourth-order valence-electron chi connectivity index (χ4n) is 2.84. The van der Waals surface area contributed by atoms with Gasteiger partial charge in [-0.2, -0.15) is 0 Å². The number of phenols is 1. The Hall–Kier alpha value is -2.30. The van der Waals surface area contributed by atoms with Crippen LogP contribution < -0.4 is 0 Å². The van der Waals surface area contributed by atoms with Crippen molar-refractivity contribution in [3.05, 3.63) is 47.2 Å². The van der Waals surface area contributed by atoms with Crippen molar-refractivity contribution in [3.8, 4) is 17.0 Å². The standard InChI is InChI=1S/C17H15F2NO2/c1-2-9-3-5-15-11(16(9)21)4-6-14(20-15)10-7-12(18)17(22)13(19)8-10/h4,6-9,22H,2-3,5H2,1H3. The second-order valence-corrected chi connectivity index (χ2v) is 5.49. The largest absolute Gasteiger partial charge is 0.503 e. The second-order valence-electron chi connectivity index (χ2n) is 5.49. The highest BCUT2D eigenvalue weighted by molar-refractivity contribution is 6.00. The smallest absolute Gasteiger partial charge is 0.187 e. The molecule has 1 N–H and O–H groups in total. The highest BCUT2D eigenvalue weighted by Gasteiger charge is 2.27. The summed E-state index contributed by atoms with van der Waals surface area (Å²) >= 11 is 0. The van der Waals surface area contributed by atoms with Gasteiger partial charge in [0.1, 0.15) is 0 Å². The minimum atomic E-state index is -1.03. The molecule has 0 aliphatic heterocycles. The first-order chi connectivity index (χ1) is 10.5. The van der Waals surface area contributed by atoms with Crippen LogP contribution in [0.2, 0.25) is 0 Å². The van der Waals surface area contributed by atoms with Crippen molar-refractivity contribution >= 4 is 5.78 Å². The molecule has 0 saturated heterocycles. The number of nitrogens with zero attached hydrogens (tertiary/aromatic N) is 1. The van der Waals surface area contributed by atoms with E-state index in [2.05, 4.69) is 4.98 Å². The zero-order valence-corrected chi connectivity index (χ0v) is 12.1. The van der Waals surface area contributed by atoms with E-state index in [9.17, 15) is 13.6 Å². The van der Waals surface area contributed by atoms with E-state index in [0.717, 1.165) is 25.0 Å². The molecule has 0 radical (unpaired) electrons. The SMILES string of the molecule is CCC1CCc2nc(-c3cc(F)c(O)c(F)c3)ccc2C1=O. The first-order valence-corrected chi connectivity index (χ1v) is 7.23. The molecule has 1 atom stereocenters. The Bertz CT molecular complexity index is 735. The van der Waals surface area contributed by atoms with Crippen molar-refractivity contribution in [1.29, 1.82) is 0 Å². The molecular weight excluding hydrogens is 288 g/mol. The van der Waals surface area contributed by atoms with Gasteiger partial charge in [-0.05, 0) is 43.5 Å². The number of aromatic hydroxyl groups is 1. The van der Waals surface area contributed by atoms with Crippen LogP contribution in [0.25, 0.3) is 11.3 Å². The third-order valence-corrected chi connectivity index (χ3v) is 4.15. The molecule has 1 aromatic carbocycles. The lowest BCUT2D eigenvalue weighted by molar-refractivity contribution is 0.0897. The lowest BCUT2D eigenvalue weighted by atomic mass is 9.83. The molecule has 0 amide bonds. The number of fused-ring (bicyclic) bond motifs is 1. The van der Waals surface area contributed by atoms with Crippen LogP contribution in [0.3, 0.4) is 0 Å². The van der Waals surface area contributed by atoms with Crippen LogP contribution in [0.5, 0.6) is 5.75 Å². The summed E-state index contributed by atoms with van der Waals surface area (Å²) in [7, 11) is 0. The summed E-state index contributed by atoms with van der Waals surface area (Å²) in [6.45, 7) is 1.98. The predicted molar refractivity (Wildman–Crippen MR) is 77.7 cm³/mol. The maximum absolute atomic E-state index is 13.5. The Balaban J connectivity index is 2.03. The Kier molecular flexibility index (Phi) is 3.64. The number of aromatic nitrogens is 1. The molecule has 1 aromatic heterocycles. The van der Waals surface area contributed by atoms with Crippen LogP contribution >= 0.6 is 0 Å². The number of aryl methyl sites for hydroxylation is 1. The average Bonchev–Trinajstić information content (AvgIpc) is 2.52. The van der Waals surface area contributed by atoms with E-state index in [1.54, 1.807) is 12.1 Å². The normalized spacial score (nSPS) is 17.4. The molecule has 0 fully saturated rings. The van der Waals surface area contributed by atoms with Gasteiger partial charge in [-0.3, -0.25) is 9.78 Å². The van der Waals surface area contributed by atoms with Crippen LogP contribution in [0.1, 0.15) is 35.8 Å². The van der Waals surface area contributed by atoms with E-state index >= 15 is 0 Å². The highest BCUT2D eigenvalue weighted by Crippen LogP contribution is 2.31. The molecule has 3 nitrogen and oxygen atoms in total.